The van der Waals surface area contributed by atoms with Crippen molar-refractivity contribution in [3.05, 3.63) is 60.4 Å². The standard InChI is InChI=1S/C18H11ClN4O2.ClH/c19-17(25)18(10-21-12-6-2-4-8-14(12)23-18)16(24)15-9-20-11-5-1-3-7-13(11)22-15;/h1-10,23H;1H. The highest BCUT2D eigenvalue weighted by atomic mass is 35.5. The van der Waals surface area contributed by atoms with Crippen molar-refractivity contribution < 1.29 is 9.59 Å². The number of benzene rings is 2. The lowest BCUT2D eigenvalue weighted by Gasteiger charge is -2.30. The summed E-state index contributed by atoms with van der Waals surface area (Å²) in [6.07, 6.45) is 2.56. The summed E-state index contributed by atoms with van der Waals surface area (Å²) in [6, 6.07) is 14.2. The molecule has 0 bridgehead atoms. The Morgan fingerprint density at radius 1 is 1.00 bits per heavy atom. The second-order valence-electron chi connectivity index (χ2n) is 5.56. The molecule has 0 saturated heterocycles. The van der Waals surface area contributed by atoms with Crippen LogP contribution >= 0.6 is 24.0 Å². The second-order valence-corrected chi connectivity index (χ2v) is 5.90. The van der Waals surface area contributed by atoms with Crippen LogP contribution in [0.25, 0.3) is 11.0 Å². The van der Waals surface area contributed by atoms with Crippen molar-refractivity contribution in [3.63, 3.8) is 0 Å². The number of nitrogens with one attached hydrogen (secondary N) is 1. The third kappa shape index (κ3) is 2.83. The lowest BCUT2D eigenvalue weighted by atomic mass is 9.92. The Hall–Kier alpha value is -2.83. The van der Waals surface area contributed by atoms with Gasteiger partial charge in [0, 0.05) is 6.21 Å². The van der Waals surface area contributed by atoms with Gasteiger partial charge >= 0.3 is 0 Å². The van der Waals surface area contributed by atoms with Crippen LogP contribution in [0.4, 0.5) is 11.4 Å². The van der Waals surface area contributed by atoms with Gasteiger partial charge in [0.25, 0.3) is 5.24 Å². The van der Waals surface area contributed by atoms with Crippen LogP contribution in [0.2, 0.25) is 0 Å². The van der Waals surface area contributed by atoms with E-state index >= 15 is 0 Å². The van der Waals surface area contributed by atoms with E-state index < -0.39 is 16.6 Å². The Balaban J connectivity index is 0.00000196. The first kappa shape index (κ1) is 18.0. The number of carbonyl (C=O) groups excluding carboxylic acids is 2. The fraction of sp³-hybridized carbons (Fsp3) is 0.0556. The molecule has 1 unspecified atom stereocenters. The van der Waals surface area contributed by atoms with Gasteiger partial charge in [-0.25, -0.2) is 4.98 Å². The second kappa shape index (κ2) is 6.82. The van der Waals surface area contributed by atoms with Crippen LogP contribution in [0.3, 0.4) is 0 Å². The average Bonchev–Trinajstić information content (AvgIpc) is 2.66. The molecule has 2 heterocycles. The molecule has 8 heteroatoms. The quantitative estimate of drug-likeness (QED) is 0.422. The van der Waals surface area contributed by atoms with Gasteiger partial charge in [0.05, 0.1) is 28.6 Å². The first-order valence-electron chi connectivity index (χ1n) is 7.49. The van der Waals surface area contributed by atoms with E-state index in [0.717, 1.165) is 0 Å². The highest BCUT2D eigenvalue weighted by Gasteiger charge is 2.47. The Morgan fingerprint density at radius 2 is 1.69 bits per heavy atom. The number of aliphatic imine (C=N–C) groups is 1. The number of nitrogens with zero attached hydrogens (tertiary/aromatic N) is 3. The smallest absolute Gasteiger partial charge is 0.260 e. The third-order valence-electron chi connectivity index (χ3n) is 3.98. The number of anilines is 1. The number of para-hydroxylation sites is 4. The number of halogens is 2. The first-order chi connectivity index (χ1) is 12.1. The van der Waals surface area contributed by atoms with Crippen LogP contribution in [0, 0.1) is 0 Å². The largest absolute Gasteiger partial charge is 0.359 e. The first-order valence-corrected chi connectivity index (χ1v) is 7.87. The molecular weight excluding hydrogens is 375 g/mol. The summed E-state index contributed by atoms with van der Waals surface area (Å²) in [5.74, 6) is -0.607. The number of hydrogen-bond acceptors (Lipinski definition) is 6. The van der Waals surface area contributed by atoms with Crippen LogP contribution in [0.15, 0.2) is 59.7 Å². The van der Waals surface area contributed by atoms with E-state index in [1.807, 2.05) is 12.1 Å². The zero-order chi connectivity index (χ0) is 17.4. The highest BCUT2D eigenvalue weighted by molar-refractivity contribution is 6.71. The number of Topliss-reactive ketones (excluding diaryl/α,β-unsaturated/α-hetero) is 1. The molecule has 130 valence electrons. The van der Waals surface area contributed by atoms with E-state index in [9.17, 15) is 9.59 Å². The molecule has 4 rings (SSSR count). The predicted molar refractivity (Wildman–Crippen MR) is 103 cm³/mol. The molecule has 26 heavy (non-hydrogen) atoms. The molecule has 0 saturated carbocycles. The molecule has 1 aliphatic rings. The Bertz CT molecular complexity index is 1050. The summed E-state index contributed by atoms with van der Waals surface area (Å²) >= 11 is 5.78. The number of rotatable bonds is 3. The predicted octanol–water partition coefficient (Wildman–Crippen LogP) is 3.57. The van der Waals surface area contributed by atoms with E-state index in [-0.39, 0.29) is 18.1 Å². The number of carbonyl (C=O) groups is 2. The molecule has 6 nitrogen and oxygen atoms in total. The molecule has 1 aliphatic heterocycles. The minimum Gasteiger partial charge on any atom is -0.359 e. The fourth-order valence-corrected chi connectivity index (χ4v) is 2.86. The fourth-order valence-electron chi connectivity index (χ4n) is 2.68. The summed E-state index contributed by atoms with van der Waals surface area (Å²) in [5, 5.41) is 2.02. The Morgan fingerprint density at radius 3 is 2.46 bits per heavy atom. The summed E-state index contributed by atoms with van der Waals surface area (Å²) < 4.78 is 0. The van der Waals surface area contributed by atoms with Crippen LogP contribution < -0.4 is 5.32 Å². The Labute approximate surface area is 159 Å². The summed E-state index contributed by atoms with van der Waals surface area (Å²) in [4.78, 5) is 38.0. The van der Waals surface area contributed by atoms with E-state index in [1.54, 1.807) is 36.4 Å². The lowest BCUT2D eigenvalue weighted by molar-refractivity contribution is -0.112. The van der Waals surface area contributed by atoms with Gasteiger partial charge < -0.3 is 5.32 Å². The van der Waals surface area contributed by atoms with E-state index in [1.165, 1.54) is 12.4 Å². The van der Waals surface area contributed by atoms with Crippen molar-refractivity contribution in [1.82, 2.24) is 9.97 Å². The van der Waals surface area contributed by atoms with Crippen molar-refractivity contribution in [2.75, 3.05) is 5.32 Å². The zero-order valence-electron chi connectivity index (χ0n) is 13.2. The minimum absolute atomic E-state index is 0. The monoisotopic (exact) mass is 386 g/mol. The van der Waals surface area contributed by atoms with Gasteiger partial charge in [-0.15, -0.1) is 12.4 Å². The van der Waals surface area contributed by atoms with Crippen molar-refractivity contribution in [2.45, 2.75) is 5.54 Å². The van der Waals surface area contributed by atoms with Crippen LogP contribution in [-0.4, -0.2) is 32.7 Å². The van der Waals surface area contributed by atoms with Gasteiger partial charge in [-0.3, -0.25) is 19.6 Å². The third-order valence-corrected chi connectivity index (χ3v) is 4.28. The molecule has 3 aromatic rings. The molecule has 1 aromatic heterocycles. The molecule has 0 radical (unpaired) electrons. The van der Waals surface area contributed by atoms with Crippen molar-refractivity contribution >= 4 is 63.7 Å². The maximum Gasteiger partial charge on any atom is 0.260 e. The van der Waals surface area contributed by atoms with E-state index in [0.29, 0.717) is 22.4 Å². The maximum atomic E-state index is 13.1. The van der Waals surface area contributed by atoms with Gasteiger partial charge in [0.2, 0.25) is 11.3 Å². The number of hydrogen-bond donors (Lipinski definition) is 1. The van der Waals surface area contributed by atoms with Gasteiger partial charge in [0.1, 0.15) is 5.69 Å². The molecule has 1 N–H and O–H groups in total. The van der Waals surface area contributed by atoms with Crippen molar-refractivity contribution in [2.24, 2.45) is 4.99 Å². The van der Waals surface area contributed by atoms with Gasteiger partial charge in [-0.1, -0.05) is 24.3 Å². The summed E-state index contributed by atoms with van der Waals surface area (Å²) in [5.41, 5.74) is 0.590. The topological polar surface area (TPSA) is 84.3 Å². The summed E-state index contributed by atoms with van der Waals surface area (Å²) in [6.45, 7) is 0. The van der Waals surface area contributed by atoms with Crippen LogP contribution in [0.5, 0.6) is 0 Å². The molecule has 0 fully saturated rings. The SMILES string of the molecule is Cl.O=C(Cl)C1(C(=O)c2cnc3ccccc3n2)C=Nc2ccccc2N1. The van der Waals surface area contributed by atoms with Gasteiger partial charge in [-0.2, -0.15) is 0 Å². The summed E-state index contributed by atoms with van der Waals surface area (Å²) in [7, 11) is 0. The van der Waals surface area contributed by atoms with Gasteiger partial charge in [0.15, 0.2) is 0 Å². The number of aromatic nitrogens is 2. The molecule has 2 aromatic carbocycles. The molecule has 0 aliphatic carbocycles. The zero-order valence-corrected chi connectivity index (χ0v) is 14.8. The van der Waals surface area contributed by atoms with Gasteiger partial charge in [-0.05, 0) is 35.9 Å². The maximum absolute atomic E-state index is 13.1. The molecular formula is C18H12Cl2N4O2. The van der Waals surface area contributed by atoms with Crippen LogP contribution in [-0.2, 0) is 4.79 Å². The molecule has 1 atom stereocenters. The van der Waals surface area contributed by atoms with E-state index in [4.69, 9.17) is 11.6 Å². The highest BCUT2D eigenvalue weighted by Crippen LogP contribution is 2.33. The van der Waals surface area contributed by atoms with Crippen molar-refractivity contribution in [1.29, 1.82) is 0 Å². The number of ketones is 1. The van der Waals surface area contributed by atoms with Crippen LogP contribution in [0.1, 0.15) is 10.5 Å². The minimum atomic E-state index is -1.81. The molecule has 0 spiro atoms. The van der Waals surface area contributed by atoms with Crippen molar-refractivity contribution in [3.8, 4) is 0 Å². The normalized spacial score (nSPS) is 17.7. The number of fused-ring (bicyclic) bond motifs is 2. The molecule has 0 amide bonds. The lowest BCUT2D eigenvalue weighted by Crippen LogP contribution is -2.54. The Kier molecular flexibility index (Phi) is 4.71. The average molecular weight is 387 g/mol. The van der Waals surface area contributed by atoms with E-state index in [2.05, 4.69) is 20.3 Å².